The van der Waals surface area contributed by atoms with E-state index in [2.05, 4.69) is 117 Å². The van der Waals surface area contributed by atoms with Gasteiger partial charge in [0, 0.05) is 29.8 Å². The summed E-state index contributed by atoms with van der Waals surface area (Å²) >= 11 is 0. The second kappa shape index (κ2) is 18.2. The molecule has 2 aromatic rings. The first-order valence-electron chi connectivity index (χ1n) is 17.9. The van der Waals surface area contributed by atoms with Crippen LogP contribution in [0.3, 0.4) is 0 Å². The van der Waals surface area contributed by atoms with Gasteiger partial charge in [0.15, 0.2) is 0 Å². The van der Waals surface area contributed by atoms with Crippen LogP contribution in [0.2, 0.25) is 25.2 Å². The molecule has 0 N–H and O–H groups in total. The molecule has 0 amide bonds. The van der Waals surface area contributed by atoms with Gasteiger partial charge < -0.3 is 27.2 Å². The molecule has 1 aliphatic carbocycles. The molecular weight excluding hydrogens is 609 g/mol. The standard InChI is InChI=1S/C38H64O6Si2/c1-30(2)41-45(9,42-31(3)4)28-14-26-39-36-20-16-34(17-21-36)38(24-12-11-13-25-38)35-18-22-37(23-19-35)40-27-15-29-46(10,43-32(5)6)44-33(7)8/h16-23,30-33H,11-15,24-29H2,1-10H3. The van der Waals surface area contributed by atoms with E-state index in [-0.39, 0.29) is 29.8 Å². The SMILES string of the molecule is CC(C)O[Si](C)(CCCOc1ccc(C2(c3ccc(OCCC[Si](C)(OC(C)C)OC(C)C)cc3)CCCCC2)cc1)OC(C)C. The van der Waals surface area contributed by atoms with Crippen molar-refractivity contribution in [2.45, 2.75) is 155 Å². The van der Waals surface area contributed by atoms with Gasteiger partial charge in [0.2, 0.25) is 0 Å². The van der Waals surface area contributed by atoms with E-state index in [0.717, 1.165) is 49.3 Å². The lowest BCUT2D eigenvalue weighted by Gasteiger charge is -2.38. The summed E-state index contributed by atoms with van der Waals surface area (Å²) in [4.78, 5) is 0. The summed E-state index contributed by atoms with van der Waals surface area (Å²) in [6.45, 7) is 22.3. The number of ether oxygens (including phenoxy) is 2. The molecule has 2 aromatic carbocycles. The zero-order valence-electron chi connectivity index (χ0n) is 30.7. The number of hydrogen-bond donors (Lipinski definition) is 0. The van der Waals surface area contributed by atoms with Crippen molar-refractivity contribution >= 4 is 17.1 Å². The van der Waals surface area contributed by atoms with Gasteiger partial charge in [-0.2, -0.15) is 0 Å². The molecule has 0 bridgehead atoms. The van der Waals surface area contributed by atoms with E-state index in [1.165, 1.54) is 30.4 Å². The van der Waals surface area contributed by atoms with Gasteiger partial charge in [-0.15, -0.1) is 0 Å². The van der Waals surface area contributed by atoms with Crippen molar-refractivity contribution in [3.63, 3.8) is 0 Å². The summed E-state index contributed by atoms with van der Waals surface area (Å²) in [6.07, 6.45) is 8.63. The average molecular weight is 673 g/mol. The molecule has 0 aromatic heterocycles. The predicted molar refractivity (Wildman–Crippen MR) is 195 cm³/mol. The number of benzene rings is 2. The first-order chi connectivity index (χ1) is 21.7. The van der Waals surface area contributed by atoms with Crippen LogP contribution in [-0.2, 0) is 23.1 Å². The van der Waals surface area contributed by atoms with Gasteiger partial charge in [-0.3, -0.25) is 0 Å². The Morgan fingerprint density at radius 1 is 0.522 bits per heavy atom. The molecule has 0 spiro atoms. The van der Waals surface area contributed by atoms with Gasteiger partial charge in [-0.05, 0) is 142 Å². The molecule has 0 aliphatic heterocycles. The van der Waals surface area contributed by atoms with Crippen LogP contribution < -0.4 is 9.47 Å². The summed E-state index contributed by atoms with van der Waals surface area (Å²) in [5.74, 6) is 1.85. The Hall–Kier alpha value is -1.69. The molecule has 1 saturated carbocycles. The monoisotopic (exact) mass is 672 g/mol. The molecule has 8 heteroatoms. The van der Waals surface area contributed by atoms with E-state index in [1.807, 2.05) is 0 Å². The summed E-state index contributed by atoms with van der Waals surface area (Å²) in [5, 5.41) is 0. The van der Waals surface area contributed by atoms with Crippen LogP contribution in [0.5, 0.6) is 11.5 Å². The van der Waals surface area contributed by atoms with Crippen LogP contribution in [0.15, 0.2) is 48.5 Å². The molecule has 0 saturated heterocycles. The molecule has 0 unspecified atom stereocenters. The largest absolute Gasteiger partial charge is 0.494 e. The fourth-order valence-electron chi connectivity index (χ4n) is 7.09. The third-order valence-electron chi connectivity index (χ3n) is 8.55. The van der Waals surface area contributed by atoms with Crippen molar-refractivity contribution in [2.24, 2.45) is 0 Å². The third-order valence-corrected chi connectivity index (χ3v) is 15.0. The van der Waals surface area contributed by atoms with Gasteiger partial charge in [0.25, 0.3) is 0 Å². The van der Waals surface area contributed by atoms with E-state index in [4.69, 9.17) is 27.2 Å². The molecule has 260 valence electrons. The van der Waals surface area contributed by atoms with E-state index in [0.29, 0.717) is 13.2 Å². The van der Waals surface area contributed by atoms with Crippen molar-refractivity contribution in [3.8, 4) is 11.5 Å². The van der Waals surface area contributed by atoms with E-state index in [1.54, 1.807) is 0 Å². The zero-order chi connectivity index (χ0) is 33.8. The van der Waals surface area contributed by atoms with Gasteiger partial charge in [-0.25, -0.2) is 0 Å². The Morgan fingerprint density at radius 2 is 0.848 bits per heavy atom. The topological polar surface area (TPSA) is 55.4 Å². The summed E-state index contributed by atoms with van der Waals surface area (Å²) < 4.78 is 37.4. The van der Waals surface area contributed by atoms with Crippen LogP contribution in [0, 0.1) is 0 Å². The highest BCUT2D eigenvalue weighted by Gasteiger charge is 2.36. The Morgan fingerprint density at radius 3 is 1.15 bits per heavy atom. The first-order valence-corrected chi connectivity index (χ1v) is 23.0. The van der Waals surface area contributed by atoms with Crippen molar-refractivity contribution in [2.75, 3.05) is 13.2 Å². The fraction of sp³-hybridized carbons (Fsp3) is 0.684. The van der Waals surface area contributed by atoms with Gasteiger partial charge in [0.1, 0.15) is 11.5 Å². The van der Waals surface area contributed by atoms with E-state index in [9.17, 15) is 0 Å². The lowest BCUT2D eigenvalue weighted by molar-refractivity contribution is 0.107. The first kappa shape index (κ1) is 38.8. The van der Waals surface area contributed by atoms with Crippen molar-refractivity contribution < 1.29 is 27.2 Å². The molecule has 0 atom stereocenters. The van der Waals surface area contributed by atoms with Gasteiger partial charge in [0.05, 0.1) is 13.2 Å². The molecule has 1 aliphatic rings. The minimum absolute atomic E-state index is 0.0286. The van der Waals surface area contributed by atoms with Gasteiger partial charge in [-0.1, -0.05) is 43.5 Å². The zero-order valence-corrected chi connectivity index (χ0v) is 32.7. The predicted octanol–water partition coefficient (Wildman–Crippen LogP) is 10.3. The third kappa shape index (κ3) is 12.4. The highest BCUT2D eigenvalue weighted by Crippen LogP contribution is 2.45. The molecule has 0 heterocycles. The smallest absolute Gasteiger partial charge is 0.335 e. The second-order valence-electron chi connectivity index (χ2n) is 14.5. The maximum Gasteiger partial charge on any atom is 0.335 e. The average Bonchev–Trinajstić information content (AvgIpc) is 2.97. The Bertz CT molecular complexity index is 1020. The second-order valence-corrected chi connectivity index (χ2v) is 21.0. The number of rotatable bonds is 20. The maximum absolute atomic E-state index is 6.25. The molecule has 3 rings (SSSR count). The van der Waals surface area contributed by atoms with Crippen LogP contribution in [0.25, 0.3) is 0 Å². The molecule has 1 fully saturated rings. The van der Waals surface area contributed by atoms with Crippen molar-refractivity contribution in [3.05, 3.63) is 59.7 Å². The Balaban J connectivity index is 1.59. The van der Waals surface area contributed by atoms with Crippen molar-refractivity contribution in [1.82, 2.24) is 0 Å². The van der Waals surface area contributed by atoms with Crippen LogP contribution >= 0.6 is 0 Å². The van der Waals surface area contributed by atoms with Crippen molar-refractivity contribution in [1.29, 1.82) is 0 Å². The highest BCUT2D eigenvalue weighted by molar-refractivity contribution is 6.66. The lowest BCUT2D eigenvalue weighted by Crippen LogP contribution is -2.43. The normalized spacial score (nSPS) is 15.7. The highest BCUT2D eigenvalue weighted by atomic mass is 28.4. The van der Waals surface area contributed by atoms with E-state index >= 15 is 0 Å². The van der Waals surface area contributed by atoms with Gasteiger partial charge >= 0.3 is 17.1 Å². The maximum atomic E-state index is 6.25. The molecular formula is C38H64O6Si2. The van der Waals surface area contributed by atoms with Crippen LogP contribution in [0.1, 0.15) is 111 Å². The molecule has 46 heavy (non-hydrogen) atoms. The van der Waals surface area contributed by atoms with Crippen LogP contribution in [0.4, 0.5) is 0 Å². The minimum atomic E-state index is -2.22. The summed E-state index contributed by atoms with van der Waals surface area (Å²) in [6, 6.07) is 19.6. The summed E-state index contributed by atoms with van der Waals surface area (Å²) in [5.41, 5.74) is 2.78. The number of hydrogen-bond acceptors (Lipinski definition) is 6. The Kier molecular flexibility index (Phi) is 15.3. The van der Waals surface area contributed by atoms with Crippen LogP contribution in [-0.4, -0.2) is 54.8 Å². The lowest BCUT2D eigenvalue weighted by atomic mass is 9.65. The quantitative estimate of drug-likeness (QED) is 0.103. The minimum Gasteiger partial charge on any atom is -0.494 e. The fourth-order valence-corrected chi connectivity index (χ4v) is 13.2. The molecule has 0 radical (unpaired) electrons. The van der Waals surface area contributed by atoms with E-state index < -0.39 is 17.1 Å². The molecule has 6 nitrogen and oxygen atoms in total. The Labute approximate surface area is 283 Å². The summed E-state index contributed by atoms with van der Waals surface area (Å²) in [7, 11) is -4.45.